The Kier molecular flexibility index (Phi) is 6.11. The summed E-state index contributed by atoms with van der Waals surface area (Å²) in [4.78, 5) is 0. The number of hydrogen-bond acceptors (Lipinski definition) is 0. The van der Waals surface area contributed by atoms with Crippen molar-refractivity contribution in [3.05, 3.63) is 108 Å². The molecule has 0 aliphatic heterocycles. The molecule has 0 fully saturated rings. The van der Waals surface area contributed by atoms with E-state index in [-0.39, 0.29) is 0 Å². The first-order chi connectivity index (χ1) is 10.9. The van der Waals surface area contributed by atoms with Gasteiger partial charge >= 0.3 is 0 Å². The van der Waals surface area contributed by atoms with Crippen LogP contribution in [0.25, 0.3) is 0 Å². The molecular weight excluding hydrogens is 264 g/mol. The van der Waals surface area contributed by atoms with Crippen LogP contribution >= 0.6 is 0 Å². The molecular formula is C22H16. The Hall–Kier alpha value is -3.22. The summed E-state index contributed by atoms with van der Waals surface area (Å²) in [5.74, 6) is 8.75. The van der Waals surface area contributed by atoms with E-state index in [1.165, 1.54) is 0 Å². The highest BCUT2D eigenvalue weighted by Crippen LogP contribution is 1.98. The van der Waals surface area contributed by atoms with Gasteiger partial charge in [-0.1, -0.05) is 72.4 Å². The van der Waals surface area contributed by atoms with E-state index in [0.717, 1.165) is 16.7 Å². The molecule has 104 valence electrons. The molecule has 0 bridgehead atoms. The Bertz CT molecular complexity index is 724. The van der Waals surface area contributed by atoms with Gasteiger partial charge in [-0.25, -0.2) is 0 Å². The second-order valence-corrected chi connectivity index (χ2v) is 4.49. The zero-order valence-corrected chi connectivity index (χ0v) is 12.2. The van der Waals surface area contributed by atoms with Crippen molar-refractivity contribution in [2.75, 3.05) is 0 Å². The van der Waals surface area contributed by atoms with Crippen molar-refractivity contribution in [3.63, 3.8) is 0 Å². The van der Waals surface area contributed by atoms with Crippen molar-refractivity contribution in [2.45, 2.75) is 0 Å². The molecule has 0 heteroatoms. The van der Waals surface area contributed by atoms with Gasteiger partial charge in [0.2, 0.25) is 0 Å². The quantitative estimate of drug-likeness (QED) is 0.521. The van der Waals surface area contributed by atoms with Gasteiger partial charge in [0.05, 0.1) is 0 Å². The Balaban J connectivity index is 0.000000188. The molecule has 0 amide bonds. The summed E-state index contributed by atoms with van der Waals surface area (Å²) < 4.78 is 0. The van der Waals surface area contributed by atoms with Crippen LogP contribution in [-0.2, 0) is 0 Å². The van der Waals surface area contributed by atoms with E-state index in [4.69, 9.17) is 6.42 Å². The predicted octanol–water partition coefficient (Wildman–Crippen LogP) is 4.75. The average Bonchev–Trinajstić information content (AvgIpc) is 2.63. The third kappa shape index (κ3) is 5.41. The summed E-state index contributed by atoms with van der Waals surface area (Å²) in [6.45, 7) is 0. The van der Waals surface area contributed by atoms with Crippen LogP contribution < -0.4 is 0 Å². The number of rotatable bonds is 0. The molecule has 0 unspecified atom stereocenters. The van der Waals surface area contributed by atoms with Gasteiger partial charge in [-0.2, -0.15) is 0 Å². The van der Waals surface area contributed by atoms with Crippen molar-refractivity contribution >= 4 is 0 Å². The summed E-state index contributed by atoms with van der Waals surface area (Å²) in [7, 11) is 0. The van der Waals surface area contributed by atoms with Crippen molar-refractivity contribution in [3.8, 4) is 24.2 Å². The van der Waals surface area contributed by atoms with E-state index in [1.807, 2.05) is 91.0 Å². The molecule has 0 atom stereocenters. The number of hydrogen-bond donors (Lipinski definition) is 0. The van der Waals surface area contributed by atoms with Crippen LogP contribution in [-0.4, -0.2) is 0 Å². The molecule has 0 spiro atoms. The van der Waals surface area contributed by atoms with Crippen molar-refractivity contribution in [1.82, 2.24) is 0 Å². The molecule has 0 radical (unpaired) electrons. The van der Waals surface area contributed by atoms with Crippen molar-refractivity contribution in [2.24, 2.45) is 0 Å². The lowest BCUT2D eigenvalue weighted by molar-refractivity contribution is 1.62. The van der Waals surface area contributed by atoms with Gasteiger partial charge in [-0.15, -0.1) is 6.42 Å². The van der Waals surface area contributed by atoms with Gasteiger partial charge in [0.15, 0.2) is 0 Å². The Morgan fingerprint density at radius 1 is 0.455 bits per heavy atom. The van der Waals surface area contributed by atoms with Crippen LogP contribution in [0.4, 0.5) is 0 Å². The van der Waals surface area contributed by atoms with E-state index >= 15 is 0 Å². The lowest BCUT2D eigenvalue weighted by Gasteiger charge is -1.88. The highest BCUT2D eigenvalue weighted by Gasteiger charge is 1.83. The summed E-state index contributed by atoms with van der Waals surface area (Å²) in [5, 5.41) is 0. The van der Waals surface area contributed by atoms with Gasteiger partial charge in [-0.05, 0) is 36.4 Å². The SMILES string of the molecule is C#Cc1ccccc1.C(#Cc1ccccc1)c1ccccc1. The second kappa shape index (κ2) is 8.85. The van der Waals surface area contributed by atoms with Crippen LogP contribution in [0.1, 0.15) is 16.7 Å². The highest BCUT2D eigenvalue weighted by molar-refractivity contribution is 5.42. The second-order valence-electron chi connectivity index (χ2n) is 4.49. The fourth-order valence-corrected chi connectivity index (χ4v) is 1.72. The summed E-state index contributed by atoms with van der Waals surface area (Å²) in [6.07, 6.45) is 5.10. The lowest BCUT2D eigenvalue weighted by Crippen LogP contribution is -1.73. The summed E-state index contributed by atoms with van der Waals surface area (Å²) >= 11 is 0. The first kappa shape index (κ1) is 15.2. The van der Waals surface area contributed by atoms with Crippen LogP contribution in [0.2, 0.25) is 0 Å². The van der Waals surface area contributed by atoms with Crippen LogP contribution in [0, 0.1) is 24.2 Å². The molecule has 0 saturated heterocycles. The van der Waals surface area contributed by atoms with Gasteiger partial charge < -0.3 is 0 Å². The topological polar surface area (TPSA) is 0 Å². The summed E-state index contributed by atoms with van der Waals surface area (Å²) in [6, 6.07) is 29.6. The van der Waals surface area contributed by atoms with Crippen molar-refractivity contribution in [1.29, 1.82) is 0 Å². The van der Waals surface area contributed by atoms with Crippen LogP contribution in [0.15, 0.2) is 91.0 Å². The molecule has 0 aromatic heterocycles. The molecule has 0 saturated carbocycles. The zero-order chi connectivity index (χ0) is 15.5. The minimum Gasteiger partial charge on any atom is -0.115 e. The molecule has 3 aromatic carbocycles. The predicted molar refractivity (Wildman–Crippen MR) is 93.2 cm³/mol. The van der Waals surface area contributed by atoms with E-state index in [9.17, 15) is 0 Å². The van der Waals surface area contributed by atoms with Gasteiger partial charge in [-0.3, -0.25) is 0 Å². The van der Waals surface area contributed by atoms with Crippen LogP contribution in [0.3, 0.4) is 0 Å². The highest BCUT2D eigenvalue weighted by atomic mass is 13.9. The van der Waals surface area contributed by atoms with Crippen molar-refractivity contribution < 1.29 is 0 Å². The Labute approximate surface area is 132 Å². The molecule has 22 heavy (non-hydrogen) atoms. The number of benzene rings is 3. The Morgan fingerprint density at radius 2 is 0.773 bits per heavy atom. The van der Waals surface area contributed by atoms with Gasteiger partial charge in [0, 0.05) is 16.7 Å². The minimum absolute atomic E-state index is 0.938. The maximum Gasteiger partial charge on any atom is 0.0249 e. The third-order valence-electron chi connectivity index (χ3n) is 2.84. The standard InChI is InChI=1S/C14H10.C8H6/c1-3-7-13(8-4-1)11-12-14-9-5-2-6-10-14;1-2-8-6-4-3-5-7-8/h1-10H;1,3-7H. The largest absolute Gasteiger partial charge is 0.115 e. The fourth-order valence-electron chi connectivity index (χ4n) is 1.72. The first-order valence-electron chi connectivity index (χ1n) is 7.02. The van der Waals surface area contributed by atoms with E-state index in [0.29, 0.717) is 0 Å². The molecule has 0 nitrogen and oxygen atoms in total. The Morgan fingerprint density at radius 3 is 1.05 bits per heavy atom. The van der Waals surface area contributed by atoms with E-state index in [1.54, 1.807) is 0 Å². The third-order valence-corrected chi connectivity index (χ3v) is 2.84. The molecule has 3 rings (SSSR count). The van der Waals surface area contributed by atoms with Gasteiger partial charge in [0.1, 0.15) is 0 Å². The maximum atomic E-state index is 5.10. The minimum atomic E-state index is 0.938. The molecule has 0 aliphatic rings. The maximum absolute atomic E-state index is 5.10. The number of terminal acetylenes is 1. The molecule has 3 aromatic rings. The molecule has 0 N–H and O–H groups in total. The smallest absolute Gasteiger partial charge is 0.0249 e. The summed E-state index contributed by atoms with van der Waals surface area (Å²) in [5.41, 5.74) is 3.04. The van der Waals surface area contributed by atoms with Gasteiger partial charge in [0.25, 0.3) is 0 Å². The molecule has 0 aliphatic carbocycles. The zero-order valence-electron chi connectivity index (χ0n) is 12.2. The molecule has 0 heterocycles. The lowest BCUT2D eigenvalue weighted by atomic mass is 10.2. The van der Waals surface area contributed by atoms with E-state index < -0.39 is 0 Å². The van der Waals surface area contributed by atoms with Crippen LogP contribution in [0.5, 0.6) is 0 Å². The average molecular weight is 280 g/mol. The fraction of sp³-hybridized carbons (Fsp3) is 0. The first-order valence-corrected chi connectivity index (χ1v) is 7.02. The van der Waals surface area contributed by atoms with E-state index in [2.05, 4.69) is 17.8 Å². The monoisotopic (exact) mass is 280 g/mol. The normalized spacial score (nSPS) is 8.50.